The van der Waals surface area contributed by atoms with Crippen molar-refractivity contribution in [3.8, 4) is 0 Å². The van der Waals surface area contributed by atoms with Gasteiger partial charge in [0.05, 0.1) is 17.9 Å². The van der Waals surface area contributed by atoms with Crippen molar-refractivity contribution in [3.05, 3.63) is 80.9 Å². The predicted octanol–water partition coefficient (Wildman–Crippen LogP) is 3.54. The van der Waals surface area contributed by atoms with Crippen molar-refractivity contribution in [2.75, 3.05) is 13.7 Å². The summed E-state index contributed by atoms with van der Waals surface area (Å²) in [5, 5.41) is 10.6. The Hall–Kier alpha value is -2.67. The molecule has 0 fully saturated rings. The minimum atomic E-state index is -0.406. The van der Waals surface area contributed by atoms with Gasteiger partial charge in [-0.1, -0.05) is 30.3 Å². The lowest BCUT2D eigenvalue weighted by atomic mass is 10.1. The average molecular weight is 359 g/mol. The maximum Gasteiger partial charge on any atom is 0.337 e. The van der Waals surface area contributed by atoms with Crippen LogP contribution in [-0.4, -0.2) is 30.8 Å². The minimum Gasteiger partial charge on any atom is -0.465 e. The summed E-state index contributed by atoms with van der Waals surface area (Å²) in [5.74, 6) is 0.141. The first-order valence-electron chi connectivity index (χ1n) is 7.49. The highest BCUT2D eigenvalue weighted by atomic mass is 32.2. The fourth-order valence-corrected chi connectivity index (χ4v) is 3.43. The summed E-state index contributed by atoms with van der Waals surface area (Å²) in [6, 6.07) is 13.8. The number of methoxy groups -OCH3 is 1. The Morgan fingerprint density at radius 2 is 2.00 bits per heavy atom. The first-order chi connectivity index (χ1) is 12.0. The van der Waals surface area contributed by atoms with E-state index >= 15 is 0 Å². The molecule has 7 heteroatoms. The lowest BCUT2D eigenvalue weighted by molar-refractivity contribution is -0.479. The number of rotatable bonds is 8. The number of nitrogens with zero attached hydrogens (tertiary/aromatic N) is 1. The van der Waals surface area contributed by atoms with Crippen LogP contribution in [0.25, 0.3) is 0 Å². The second-order valence-electron chi connectivity index (χ2n) is 5.29. The molecule has 130 valence electrons. The van der Waals surface area contributed by atoms with E-state index in [4.69, 9.17) is 0 Å². The molecule has 25 heavy (non-hydrogen) atoms. The Morgan fingerprint density at radius 1 is 1.28 bits per heavy atom. The van der Waals surface area contributed by atoms with Gasteiger partial charge in [0.15, 0.2) is 0 Å². The molecule has 0 aliphatic heterocycles. The Kier molecular flexibility index (Phi) is 6.71. The van der Waals surface area contributed by atoms with Crippen LogP contribution in [0.1, 0.15) is 37.1 Å². The molecule has 6 nitrogen and oxygen atoms in total. The van der Waals surface area contributed by atoms with Gasteiger partial charge in [-0.2, -0.15) is 0 Å². The van der Waals surface area contributed by atoms with Gasteiger partial charge in [0.2, 0.25) is 6.54 Å². The minimum absolute atomic E-state index is 0.229. The van der Waals surface area contributed by atoms with Crippen molar-refractivity contribution in [2.24, 2.45) is 0 Å². The number of hydrogen-bond donors (Lipinski definition) is 0. The van der Waals surface area contributed by atoms with E-state index in [1.807, 2.05) is 0 Å². The lowest BCUT2D eigenvalue weighted by Crippen LogP contribution is -2.10. The van der Waals surface area contributed by atoms with Crippen LogP contribution in [-0.2, 0) is 10.5 Å². The number of benzene rings is 2. The van der Waals surface area contributed by atoms with Crippen LogP contribution in [0.15, 0.2) is 48.5 Å². The van der Waals surface area contributed by atoms with Crippen molar-refractivity contribution >= 4 is 24.0 Å². The van der Waals surface area contributed by atoms with Crippen molar-refractivity contribution < 1.29 is 19.2 Å². The molecule has 0 aliphatic carbocycles. The molecule has 1 unspecified atom stereocenters. The van der Waals surface area contributed by atoms with Crippen LogP contribution in [0.5, 0.6) is 0 Å². The number of carbonyl (C=O) groups is 2. The van der Waals surface area contributed by atoms with Crippen LogP contribution in [0.3, 0.4) is 0 Å². The third-order valence-corrected chi connectivity index (χ3v) is 4.88. The number of aldehydes is 1. The molecule has 0 spiro atoms. The predicted molar refractivity (Wildman–Crippen MR) is 95.5 cm³/mol. The van der Waals surface area contributed by atoms with Crippen molar-refractivity contribution in [1.82, 2.24) is 0 Å². The van der Waals surface area contributed by atoms with Gasteiger partial charge in [-0.05, 0) is 29.3 Å². The number of thioether (sulfide) groups is 1. The lowest BCUT2D eigenvalue weighted by Gasteiger charge is -2.13. The van der Waals surface area contributed by atoms with Crippen LogP contribution >= 0.6 is 11.8 Å². The van der Waals surface area contributed by atoms with E-state index in [1.165, 1.54) is 18.9 Å². The molecule has 2 aromatic rings. The van der Waals surface area contributed by atoms with Crippen molar-refractivity contribution in [2.45, 2.75) is 11.0 Å². The molecule has 0 heterocycles. The monoisotopic (exact) mass is 359 g/mol. The zero-order valence-electron chi connectivity index (χ0n) is 13.6. The highest BCUT2D eigenvalue weighted by Crippen LogP contribution is 2.32. The van der Waals surface area contributed by atoms with Crippen LogP contribution in [0.2, 0.25) is 0 Å². The first-order valence-corrected chi connectivity index (χ1v) is 8.54. The third kappa shape index (κ3) is 5.42. The van der Waals surface area contributed by atoms with E-state index in [-0.39, 0.29) is 16.7 Å². The Morgan fingerprint density at radius 3 is 2.60 bits per heavy atom. The van der Waals surface area contributed by atoms with Gasteiger partial charge in [0.25, 0.3) is 0 Å². The summed E-state index contributed by atoms with van der Waals surface area (Å²) < 4.78 is 4.65. The maximum atomic E-state index is 11.4. The van der Waals surface area contributed by atoms with Crippen molar-refractivity contribution in [1.29, 1.82) is 0 Å². The third-order valence-electron chi connectivity index (χ3n) is 3.56. The molecule has 0 saturated carbocycles. The van der Waals surface area contributed by atoms with Crippen LogP contribution in [0.4, 0.5) is 0 Å². The summed E-state index contributed by atoms with van der Waals surface area (Å²) in [5.41, 5.74) is 2.64. The number of esters is 1. The molecule has 0 aliphatic rings. The number of carbonyl (C=O) groups excluding carboxylic acids is 2. The summed E-state index contributed by atoms with van der Waals surface area (Å²) >= 11 is 1.42. The second kappa shape index (κ2) is 8.98. The second-order valence-corrected chi connectivity index (χ2v) is 6.48. The zero-order valence-corrected chi connectivity index (χ0v) is 14.4. The fraction of sp³-hybridized carbons (Fsp3) is 0.222. The molecule has 2 rings (SSSR count). The van der Waals surface area contributed by atoms with Gasteiger partial charge in [0, 0.05) is 16.2 Å². The van der Waals surface area contributed by atoms with Gasteiger partial charge in [-0.15, -0.1) is 11.8 Å². The van der Waals surface area contributed by atoms with E-state index in [2.05, 4.69) is 4.74 Å². The van der Waals surface area contributed by atoms with Gasteiger partial charge < -0.3 is 4.74 Å². The molecule has 0 bridgehead atoms. The smallest absolute Gasteiger partial charge is 0.337 e. The molecule has 2 aromatic carbocycles. The van der Waals surface area contributed by atoms with Gasteiger partial charge in [-0.25, -0.2) is 4.79 Å². The SMILES string of the molecule is COC(=O)c1ccc(CSC(C[N+](=O)[O-])c2cccc(C=O)c2)cc1. The molecule has 1 atom stereocenters. The summed E-state index contributed by atoms with van der Waals surface area (Å²) in [6.07, 6.45) is 0.725. The largest absolute Gasteiger partial charge is 0.465 e. The number of ether oxygens (including phenoxy) is 1. The number of nitro groups is 1. The molecule has 0 N–H and O–H groups in total. The van der Waals surface area contributed by atoms with Gasteiger partial charge in [-0.3, -0.25) is 14.9 Å². The fourth-order valence-electron chi connectivity index (χ4n) is 2.27. The summed E-state index contributed by atoms with van der Waals surface area (Å²) in [4.78, 5) is 33.0. The molecular formula is C18H17NO5S. The van der Waals surface area contributed by atoms with E-state index < -0.39 is 5.97 Å². The van der Waals surface area contributed by atoms with E-state index in [0.717, 1.165) is 17.4 Å². The highest BCUT2D eigenvalue weighted by Gasteiger charge is 2.19. The standard InChI is InChI=1S/C18H17NO5S/c1-24-18(21)15-7-5-13(6-8-15)12-25-17(10-19(22)23)16-4-2-3-14(9-16)11-20/h2-9,11,17H,10,12H2,1H3. The van der Waals surface area contributed by atoms with Crippen LogP contribution < -0.4 is 0 Å². The summed E-state index contributed by atoms with van der Waals surface area (Å²) in [6.45, 7) is -0.229. The first kappa shape index (κ1) is 18.7. The molecular weight excluding hydrogens is 342 g/mol. The van der Waals surface area contributed by atoms with Gasteiger partial charge in [0.1, 0.15) is 6.29 Å². The van der Waals surface area contributed by atoms with Crippen molar-refractivity contribution in [3.63, 3.8) is 0 Å². The van der Waals surface area contributed by atoms with Crippen LogP contribution in [0, 0.1) is 10.1 Å². The average Bonchev–Trinajstić information content (AvgIpc) is 2.64. The topological polar surface area (TPSA) is 86.5 Å². The van der Waals surface area contributed by atoms with E-state index in [9.17, 15) is 19.7 Å². The van der Waals surface area contributed by atoms with Gasteiger partial charge >= 0.3 is 5.97 Å². The Bertz CT molecular complexity index is 760. The maximum absolute atomic E-state index is 11.4. The Balaban J connectivity index is 2.10. The molecule has 0 radical (unpaired) electrons. The molecule has 0 saturated heterocycles. The van der Waals surface area contributed by atoms with E-state index in [0.29, 0.717) is 16.9 Å². The molecule has 0 amide bonds. The quantitative estimate of drug-likeness (QED) is 0.310. The normalized spacial score (nSPS) is 11.6. The molecule has 0 aromatic heterocycles. The zero-order chi connectivity index (χ0) is 18.2. The van der Waals surface area contributed by atoms with E-state index in [1.54, 1.807) is 48.5 Å². The highest BCUT2D eigenvalue weighted by molar-refractivity contribution is 7.98. The Labute approximate surface area is 149 Å². The summed E-state index contributed by atoms with van der Waals surface area (Å²) in [7, 11) is 1.32. The number of hydrogen-bond acceptors (Lipinski definition) is 6.